The van der Waals surface area contributed by atoms with Gasteiger partial charge in [-0.25, -0.2) is 0 Å². The molecule has 55 valence electrons. The van der Waals surface area contributed by atoms with E-state index in [1.54, 1.807) is 0 Å². The zero-order chi connectivity index (χ0) is 7.61. The van der Waals surface area contributed by atoms with Crippen LogP contribution in [0.25, 0.3) is 0 Å². The largest absolute Gasteiger partial charge is 0.285 e. The van der Waals surface area contributed by atoms with Crippen molar-refractivity contribution in [3.63, 3.8) is 0 Å². The fraction of sp³-hybridized carbons (Fsp3) is 0.429. The van der Waals surface area contributed by atoms with Crippen molar-refractivity contribution in [1.29, 1.82) is 0 Å². The fourth-order valence-corrected chi connectivity index (χ4v) is 0.756. The van der Waals surface area contributed by atoms with Crippen LogP contribution in [-0.2, 0) is 0 Å². The number of hydrogen-bond acceptors (Lipinski definition) is 2. The van der Waals surface area contributed by atoms with Gasteiger partial charge >= 0.3 is 0 Å². The van der Waals surface area contributed by atoms with Crippen LogP contribution in [0.2, 0.25) is 0 Å². The minimum absolute atomic E-state index is 0.570. The molecule has 0 aliphatic carbocycles. The zero-order valence-electron chi connectivity index (χ0n) is 6.06. The lowest BCUT2D eigenvalue weighted by molar-refractivity contribution is 0.621. The summed E-state index contributed by atoms with van der Waals surface area (Å²) in [6.07, 6.45) is 5.61. The Hall–Kier alpha value is -0.500. The summed E-state index contributed by atoms with van der Waals surface area (Å²) < 4.78 is 0. The number of halogens is 1. The third kappa shape index (κ3) is 1.51. The van der Waals surface area contributed by atoms with Crippen LogP contribution in [-0.4, -0.2) is 10.7 Å². The molecule has 1 N–H and O–H groups in total. The molecule has 1 aliphatic heterocycles. The summed E-state index contributed by atoms with van der Waals surface area (Å²) in [5.74, 6) is 0. The monoisotopic (exact) mass is 157 g/mol. The number of hydrogen-bond donors (Lipinski definition) is 1. The van der Waals surface area contributed by atoms with E-state index in [2.05, 4.69) is 10.5 Å². The lowest BCUT2D eigenvalue weighted by Crippen LogP contribution is -2.36. The first-order valence-corrected chi connectivity index (χ1v) is 3.54. The van der Waals surface area contributed by atoms with Crippen LogP contribution in [0.4, 0.5) is 0 Å². The molecular formula is C7H10ClN2. The minimum Gasteiger partial charge on any atom is -0.285 e. The van der Waals surface area contributed by atoms with Gasteiger partial charge in [-0.15, -0.1) is 0 Å². The molecule has 0 aromatic rings. The second-order valence-electron chi connectivity index (χ2n) is 2.26. The smallest absolute Gasteiger partial charge is 0.149 e. The molecule has 1 rings (SSSR count). The maximum atomic E-state index is 5.96. The van der Waals surface area contributed by atoms with Crippen molar-refractivity contribution in [2.45, 2.75) is 18.8 Å². The first kappa shape index (κ1) is 7.61. The predicted molar refractivity (Wildman–Crippen MR) is 43.9 cm³/mol. The third-order valence-electron chi connectivity index (χ3n) is 1.39. The first-order valence-electron chi connectivity index (χ1n) is 3.16. The van der Waals surface area contributed by atoms with Gasteiger partial charge in [0.05, 0.1) is 5.71 Å². The summed E-state index contributed by atoms with van der Waals surface area (Å²) in [6.45, 7) is 3.80. The average molecular weight is 158 g/mol. The summed E-state index contributed by atoms with van der Waals surface area (Å²) in [4.78, 5) is -0.570. The highest BCUT2D eigenvalue weighted by Crippen LogP contribution is 2.18. The summed E-state index contributed by atoms with van der Waals surface area (Å²) in [7, 11) is 0. The Morgan fingerprint density at radius 2 is 2.50 bits per heavy atom. The van der Waals surface area contributed by atoms with Crippen molar-refractivity contribution >= 4 is 17.3 Å². The van der Waals surface area contributed by atoms with Crippen molar-refractivity contribution in [3.05, 3.63) is 18.6 Å². The van der Waals surface area contributed by atoms with Crippen LogP contribution in [0.1, 0.15) is 13.8 Å². The molecule has 1 unspecified atom stereocenters. The Balaban J connectivity index is 2.67. The molecule has 0 aromatic carbocycles. The van der Waals surface area contributed by atoms with Crippen molar-refractivity contribution in [2.75, 3.05) is 0 Å². The molecule has 0 fully saturated rings. The van der Waals surface area contributed by atoms with Gasteiger partial charge in [0.1, 0.15) is 5.00 Å². The predicted octanol–water partition coefficient (Wildman–Crippen LogP) is 1.68. The van der Waals surface area contributed by atoms with E-state index in [-0.39, 0.29) is 0 Å². The maximum absolute atomic E-state index is 5.96. The summed E-state index contributed by atoms with van der Waals surface area (Å²) in [6, 6.07) is 0. The van der Waals surface area contributed by atoms with E-state index in [0.29, 0.717) is 0 Å². The molecule has 1 aliphatic rings. The maximum Gasteiger partial charge on any atom is 0.149 e. The number of nitrogens with one attached hydrogen (secondary N) is 1. The van der Waals surface area contributed by atoms with Crippen LogP contribution in [0.5, 0.6) is 0 Å². The number of alkyl halides is 1. The Morgan fingerprint density at radius 1 is 1.80 bits per heavy atom. The SMILES string of the molecule is C[CH]C1(Cl)C=CC(C)=NN1. The lowest BCUT2D eigenvalue weighted by Gasteiger charge is -2.23. The van der Waals surface area contributed by atoms with Crippen LogP contribution in [0, 0.1) is 6.42 Å². The molecule has 0 aromatic heterocycles. The van der Waals surface area contributed by atoms with E-state index in [0.717, 1.165) is 5.71 Å². The minimum atomic E-state index is -0.570. The normalized spacial score (nSPS) is 31.3. The fourth-order valence-electron chi connectivity index (χ4n) is 0.651. The second kappa shape index (κ2) is 2.62. The molecule has 0 spiro atoms. The van der Waals surface area contributed by atoms with Gasteiger partial charge in [0, 0.05) is 6.42 Å². The second-order valence-corrected chi connectivity index (χ2v) is 2.88. The molecule has 0 saturated carbocycles. The van der Waals surface area contributed by atoms with E-state index < -0.39 is 5.00 Å². The quantitative estimate of drug-likeness (QED) is 0.455. The van der Waals surface area contributed by atoms with E-state index in [1.165, 1.54) is 0 Å². The Morgan fingerprint density at radius 3 is 2.90 bits per heavy atom. The van der Waals surface area contributed by atoms with Gasteiger partial charge in [0.15, 0.2) is 0 Å². The van der Waals surface area contributed by atoms with E-state index >= 15 is 0 Å². The van der Waals surface area contributed by atoms with E-state index in [9.17, 15) is 0 Å². The number of rotatable bonds is 1. The summed E-state index contributed by atoms with van der Waals surface area (Å²) in [5, 5.41) is 3.97. The van der Waals surface area contributed by atoms with Crippen molar-refractivity contribution < 1.29 is 0 Å². The third-order valence-corrected chi connectivity index (χ3v) is 1.82. The van der Waals surface area contributed by atoms with Crippen molar-refractivity contribution in [3.8, 4) is 0 Å². The number of allylic oxidation sites excluding steroid dienone is 1. The van der Waals surface area contributed by atoms with Crippen LogP contribution in [0.3, 0.4) is 0 Å². The topological polar surface area (TPSA) is 24.4 Å². The molecule has 3 heteroatoms. The molecule has 1 heterocycles. The van der Waals surface area contributed by atoms with Crippen molar-refractivity contribution in [1.82, 2.24) is 5.43 Å². The average Bonchev–Trinajstić information content (AvgIpc) is 1.96. The summed E-state index contributed by atoms with van der Waals surface area (Å²) >= 11 is 5.96. The van der Waals surface area contributed by atoms with Gasteiger partial charge in [-0.3, -0.25) is 5.43 Å². The molecule has 0 saturated heterocycles. The molecule has 1 radical (unpaired) electrons. The van der Waals surface area contributed by atoms with Crippen LogP contribution >= 0.6 is 11.6 Å². The molecule has 1 atom stereocenters. The Kier molecular flexibility index (Phi) is 2.00. The first-order chi connectivity index (χ1) is 4.66. The Bertz CT molecular complexity index is 186. The highest BCUT2D eigenvalue weighted by molar-refractivity contribution is 6.26. The van der Waals surface area contributed by atoms with Crippen LogP contribution < -0.4 is 5.43 Å². The number of hydrazone groups is 1. The van der Waals surface area contributed by atoms with Crippen LogP contribution in [0.15, 0.2) is 17.3 Å². The van der Waals surface area contributed by atoms with Gasteiger partial charge in [0.25, 0.3) is 0 Å². The molecule has 0 amide bonds. The highest BCUT2D eigenvalue weighted by Gasteiger charge is 2.22. The van der Waals surface area contributed by atoms with Crippen molar-refractivity contribution in [2.24, 2.45) is 5.10 Å². The van der Waals surface area contributed by atoms with E-state index in [4.69, 9.17) is 11.6 Å². The standard InChI is InChI=1S/C7H10ClN2/c1-3-7(8)5-4-6(2)9-10-7/h3-5,10H,1-2H3. The highest BCUT2D eigenvalue weighted by atomic mass is 35.5. The molecular weight excluding hydrogens is 148 g/mol. The Labute approximate surface area is 66.0 Å². The zero-order valence-corrected chi connectivity index (χ0v) is 6.81. The van der Waals surface area contributed by atoms with E-state index in [1.807, 2.05) is 32.4 Å². The molecule has 2 nitrogen and oxygen atoms in total. The molecule has 10 heavy (non-hydrogen) atoms. The lowest BCUT2D eigenvalue weighted by atomic mass is 10.2. The van der Waals surface area contributed by atoms with Gasteiger partial charge < -0.3 is 0 Å². The van der Waals surface area contributed by atoms with Gasteiger partial charge in [-0.1, -0.05) is 18.5 Å². The van der Waals surface area contributed by atoms with Gasteiger partial charge in [0.2, 0.25) is 0 Å². The van der Waals surface area contributed by atoms with Gasteiger partial charge in [-0.05, 0) is 19.1 Å². The molecule has 0 bridgehead atoms. The number of nitrogens with zero attached hydrogens (tertiary/aromatic N) is 1. The summed E-state index contributed by atoms with van der Waals surface area (Å²) in [5.41, 5.74) is 3.75. The van der Waals surface area contributed by atoms with Gasteiger partial charge in [-0.2, -0.15) is 5.10 Å².